The Labute approximate surface area is 195 Å². The number of hydrogen-bond donors (Lipinski definition) is 2. The van der Waals surface area contributed by atoms with Crippen LogP contribution in [0.25, 0.3) is 21.3 Å². The molecule has 1 unspecified atom stereocenters. The largest absolute Gasteiger partial charge is 0.349 e. The molecule has 7 heteroatoms. The summed E-state index contributed by atoms with van der Waals surface area (Å²) in [6.07, 6.45) is 0.827. The highest BCUT2D eigenvalue weighted by Crippen LogP contribution is 2.30. The number of carbonyl (C=O) groups is 1. The van der Waals surface area contributed by atoms with Crippen molar-refractivity contribution in [3.8, 4) is 11.1 Å². The van der Waals surface area contributed by atoms with Crippen LogP contribution in [0, 0.1) is 6.92 Å². The molecule has 0 saturated carbocycles. The third-order valence-electron chi connectivity index (χ3n) is 5.27. The first-order chi connectivity index (χ1) is 15.5. The van der Waals surface area contributed by atoms with E-state index in [0.717, 1.165) is 27.9 Å². The molecule has 0 radical (unpaired) electrons. The maximum atomic E-state index is 12.7. The Balaban J connectivity index is 1.38. The van der Waals surface area contributed by atoms with Gasteiger partial charge in [0.05, 0.1) is 22.9 Å². The van der Waals surface area contributed by atoms with Crippen molar-refractivity contribution in [2.24, 2.45) is 0 Å². The molecule has 1 atom stereocenters. The van der Waals surface area contributed by atoms with Crippen LogP contribution in [-0.2, 0) is 10.5 Å². The van der Waals surface area contributed by atoms with Crippen LogP contribution in [0.2, 0.25) is 0 Å². The number of aromatic nitrogens is 2. The Kier molecular flexibility index (Phi) is 7.07. The standard InChI is InChI=1S/C25H25N3O2S2/c1-3-20(18-11-9-16(2)10-12-18)26-22(29)15-31-14-21-27-24(30)23-19(13-32-25(23)28-21)17-7-5-4-6-8-17/h4-13,20H,3,14-15H2,1-2H3,(H,26,29)(H,27,28,30). The first kappa shape index (κ1) is 22.3. The van der Waals surface area contributed by atoms with Gasteiger partial charge in [0, 0.05) is 10.9 Å². The van der Waals surface area contributed by atoms with Crippen molar-refractivity contribution in [3.63, 3.8) is 0 Å². The van der Waals surface area contributed by atoms with Gasteiger partial charge in [0.2, 0.25) is 5.91 Å². The Morgan fingerprint density at radius 3 is 2.62 bits per heavy atom. The summed E-state index contributed by atoms with van der Waals surface area (Å²) in [5.74, 6) is 1.35. The lowest BCUT2D eigenvalue weighted by atomic mass is 10.0. The van der Waals surface area contributed by atoms with Crippen LogP contribution in [-0.4, -0.2) is 21.6 Å². The van der Waals surface area contributed by atoms with E-state index in [1.165, 1.54) is 28.7 Å². The molecule has 32 heavy (non-hydrogen) atoms. The van der Waals surface area contributed by atoms with E-state index in [0.29, 0.717) is 22.7 Å². The van der Waals surface area contributed by atoms with E-state index < -0.39 is 0 Å². The fourth-order valence-electron chi connectivity index (χ4n) is 3.59. The van der Waals surface area contributed by atoms with Crippen LogP contribution in [0.15, 0.2) is 64.8 Å². The molecule has 2 aromatic carbocycles. The summed E-state index contributed by atoms with van der Waals surface area (Å²) in [6, 6.07) is 18.1. The number of hydrogen-bond acceptors (Lipinski definition) is 5. The molecule has 0 aliphatic rings. The van der Waals surface area contributed by atoms with Crippen LogP contribution in [0.5, 0.6) is 0 Å². The number of thiophene rings is 1. The number of rotatable bonds is 8. The molecule has 0 aliphatic heterocycles. The fraction of sp³-hybridized carbons (Fsp3) is 0.240. The normalized spacial score (nSPS) is 12.1. The van der Waals surface area contributed by atoms with Crippen molar-refractivity contribution in [3.05, 3.63) is 87.3 Å². The summed E-state index contributed by atoms with van der Waals surface area (Å²) in [5, 5.41) is 5.70. The van der Waals surface area contributed by atoms with E-state index in [1.807, 2.05) is 42.6 Å². The summed E-state index contributed by atoms with van der Waals surface area (Å²) in [4.78, 5) is 33.4. The van der Waals surface area contributed by atoms with Crippen molar-refractivity contribution in [1.29, 1.82) is 0 Å². The van der Waals surface area contributed by atoms with E-state index in [1.54, 1.807) is 0 Å². The molecule has 164 valence electrons. The van der Waals surface area contributed by atoms with Gasteiger partial charge in [-0.25, -0.2) is 4.98 Å². The van der Waals surface area contributed by atoms with Gasteiger partial charge >= 0.3 is 0 Å². The third kappa shape index (κ3) is 5.11. The van der Waals surface area contributed by atoms with E-state index in [-0.39, 0.29) is 17.5 Å². The summed E-state index contributed by atoms with van der Waals surface area (Å²) >= 11 is 2.91. The lowest BCUT2D eigenvalue weighted by molar-refractivity contribution is -0.119. The van der Waals surface area contributed by atoms with Crippen molar-refractivity contribution >= 4 is 39.2 Å². The number of nitrogens with one attached hydrogen (secondary N) is 2. The molecule has 0 bridgehead atoms. The first-order valence-electron chi connectivity index (χ1n) is 10.5. The van der Waals surface area contributed by atoms with Gasteiger partial charge in [-0.1, -0.05) is 67.1 Å². The van der Waals surface area contributed by atoms with Crippen molar-refractivity contribution in [2.75, 3.05) is 5.75 Å². The van der Waals surface area contributed by atoms with E-state index in [4.69, 9.17) is 0 Å². The van der Waals surface area contributed by atoms with Crippen LogP contribution in [0.3, 0.4) is 0 Å². The molecule has 4 rings (SSSR count). The summed E-state index contributed by atoms with van der Waals surface area (Å²) in [6.45, 7) is 4.11. The van der Waals surface area contributed by atoms with Gasteiger partial charge in [0.25, 0.3) is 5.56 Å². The number of carbonyl (C=O) groups excluding carboxylic acids is 1. The average molecular weight is 464 g/mol. The number of thioether (sulfide) groups is 1. The highest BCUT2D eigenvalue weighted by molar-refractivity contribution is 7.99. The lowest BCUT2D eigenvalue weighted by Gasteiger charge is -2.17. The minimum absolute atomic E-state index is 0.000471. The molecule has 2 N–H and O–H groups in total. The predicted molar refractivity (Wildman–Crippen MR) is 134 cm³/mol. The average Bonchev–Trinajstić information content (AvgIpc) is 3.23. The number of fused-ring (bicyclic) bond motifs is 1. The number of benzene rings is 2. The molecule has 4 aromatic rings. The van der Waals surface area contributed by atoms with Crippen LogP contribution < -0.4 is 10.9 Å². The zero-order valence-corrected chi connectivity index (χ0v) is 19.7. The molecule has 0 spiro atoms. The molecule has 0 aliphatic carbocycles. The Morgan fingerprint density at radius 1 is 1.16 bits per heavy atom. The fourth-order valence-corrected chi connectivity index (χ4v) is 5.26. The maximum absolute atomic E-state index is 12.7. The van der Waals surface area contributed by atoms with Gasteiger partial charge in [-0.2, -0.15) is 0 Å². The molecule has 5 nitrogen and oxygen atoms in total. The van der Waals surface area contributed by atoms with Crippen molar-refractivity contribution in [2.45, 2.75) is 32.1 Å². The Hall–Kier alpha value is -2.90. The van der Waals surface area contributed by atoms with Crippen LogP contribution in [0.4, 0.5) is 0 Å². The molecule has 0 saturated heterocycles. The zero-order valence-electron chi connectivity index (χ0n) is 18.1. The van der Waals surface area contributed by atoms with E-state index >= 15 is 0 Å². The molecule has 0 fully saturated rings. The van der Waals surface area contributed by atoms with Crippen LogP contribution in [0.1, 0.15) is 36.3 Å². The minimum atomic E-state index is -0.138. The first-order valence-corrected chi connectivity index (χ1v) is 12.6. The number of aryl methyl sites for hydroxylation is 1. The molecular weight excluding hydrogens is 438 g/mol. The van der Waals surface area contributed by atoms with Gasteiger partial charge in [-0.3, -0.25) is 9.59 Å². The maximum Gasteiger partial charge on any atom is 0.260 e. The van der Waals surface area contributed by atoms with E-state index in [2.05, 4.69) is 46.5 Å². The SMILES string of the molecule is CCC(NC(=O)CSCc1nc2scc(-c3ccccc3)c2c(=O)[nH]1)c1ccc(C)cc1. The van der Waals surface area contributed by atoms with Crippen LogP contribution >= 0.6 is 23.1 Å². The van der Waals surface area contributed by atoms with Crippen molar-refractivity contribution < 1.29 is 4.79 Å². The third-order valence-corrected chi connectivity index (χ3v) is 7.09. The summed E-state index contributed by atoms with van der Waals surface area (Å²) in [5.41, 5.74) is 4.08. The number of amides is 1. The minimum Gasteiger partial charge on any atom is -0.349 e. The zero-order chi connectivity index (χ0) is 22.5. The molecule has 2 heterocycles. The quantitative estimate of drug-likeness (QED) is 0.364. The molecule has 2 aromatic heterocycles. The van der Waals surface area contributed by atoms with Crippen molar-refractivity contribution in [1.82, 2.24) is 15.3 Å². The summed E-state index contributed by atoms with van der Waals surface area (Å²) in [7, 11) is 0. The van der Waals surface area contributed by atoms with Gasteiger partial charge in [0.15, 0.2) is 0 Å². The van der Waals surface area contributed by atoms with Gasteiger partial charge in [0.1, 0.15) is 10.7 Å². The Morgan fingerprint density at radius 2 is 1.91 bits per heavy atom. The van der Waals surface area contributed by atoms with Gasteiger partial charge in [-0.15, -0.1) is 23.1 Å². The molecular formula is C25H25N3O2S2. The number of nitrogens with zero attached hydrogens (tertiary/aromatic N) is 1. The predicted octanol–water partition coefficient (Wildman–Crippen LogP) is 5.46. The molecule has 1 amide bonds. The lowest BCUT2D eigenvalue weighted by Crippen LogP contribution is -2.29. The smallest absolute Gasteiger partial charge is 0.260 e. The highest BCUT2D eigenvalue weighted by atomic mass is 32.2. The number of H-pyrrole nitrogens is 1. The Bertz CT molecular complexity index is 1260. The highest BCUT2D eigenvalue weighted by Gasteiger charge is 2.15. The van der Waals surface area contributed by atoms with Gasteiger partial charge < -0.3 is 10.3 Å². The topological polar surface area (TPSA) is 74.8 Å². The second-order valence-corrected chi connectivity index (χ2v) is 9.48. The number of aromatic amines is 1. The second kappa shape index (κ2) is 10.1. The van der Waals surface area contributed by atoms with Gasteiger partial charge in [-0.05, 0) is 24.5 Å². The monoisotopic (exact) mass is 463 g/mol. The second-order valence-electron chi connectivity index (χ2n) is 7.64. The van der Waals surface area contributed by atoms with E-state index in [9.17, 15) is 9.59 Å². The summed E-state index contributed by atoms with van der Waals surface area (Å²) < 4.78 is 0.